The van der Waals surface area contributed by atoms with E-state index in [4.69, 9.17) is 12.2 Å². The van der Waals surface area contributed by atoms with E-state index in [-0.39, 0.29) is 10.4 Å². The lowest BCUT2D eigenvalue weighted by atomic mass is 10.5. The van der Waals surface area contributed by atoms with Crippen molar-refractivity contribution in [3.63, 3.8) is 0 Å². The Morgan fingerprint density at radius 3 is 2.75 bits per heavy atom. The van der Waals surface area contributed by atoms with Crippen molar-refractivity contribution in [3.05, 3.63) is 3.14 Å². The fourth-order valence-electron chi connectivity index (χ4n) is 0.773. The Morgan fingerprint density at radius 1 is 1.33 bits per heavy atom. The number of hydrogen-bond donors (Lipinski definition) is 0. The van der Waals surface area contributed by atoms with Gasteiger partial charge in [-0.1, -0.05) is 12.2 Å². The van der Waals surface area contributed by atoms with Crippen molar-refractivity contribution in [2.45, 2.75) is 20.6 Å². The molecule has 2 rings (SSSR count). The van der Waals surface area contributed by atoms with Crippen LogP contribution in [0.4, 0.5) is 0 Å². The molecule has 12 heavy (non-hydrogen) atoms. The van der Waals surface area contributed by atoms with Crippen LogP contribution in [-0.4, -0.2) is 10.4 Å². The molecule has 0 aromatic carbocycles. The summed E-state index contributed by atoms with van der Waals surface area (Å²) in [6.07, 6.45) is 0. The molecule has 0 N–H and O–H groups in total. The van der Waals surface area contributed by atoms with Crippen molar-refractivity contribution < 1.29 is 4.79 Å². The molecule has 1 aromatic rings. The van der Waals surface area contributed by atoms with Crippen molar-refractivity contribution in [2.75, 3.05) is 0 Å². The van der Waals surface area contributed by atoms with Crippen LogP contribution >= 0.6 is 58.4 Å². The van der Waals surface area contributed by atoms with Gasteiger partial charge < -0.3 is 0 Å². The van der Waals surface area contributed by atoms with Crippen molar-refractivity contribution >= 4 is 63.5 Å². The predicted octanol–water partition coefficient (Wildman–Crippen LogP) is 3.65. The van der Waals surface area contributed by atoms with Crippen LogP contribution in [0.15, 0.2) is 8.42 Å². The van der Waals surface area contributed by atoms with Gasteiger partial charge in [0, 0.05) is 0 Å². The summed E-state index contributed by atoms with van der Waals surface area (Å²) in [6, 6.07) is 0. The average Bonchev–Trinajstić information content (AvgIpc) is 2.30. The lowest BCUT2D eigenvalue weighted by Crippen LogP contribution is -2.11. The zero-order valence-electron chi connectivity index (χ0n) is 6.03. The molecule has 0 fully saturated rings. The first-order chi connectivity index (χ1) is 5.66. The van der Waals surface area contributed by atoms with Gasteiger partial charge in [-0.3, -0.25) is 4.79 Å². The highest BCUT2D eigenvalue weighted by Gasteiger charge is 2.26. The van der Waals surface area contributed by atoms with Crippen molar-refractivity contribution in [2.24, 2.45) is 0 Å². The number of thioether (sulfide) groups is 2. The zero-order chi connectivity index (χ0) is 8.72. The van der Waals surface area contributed by atoms with E-state index in [1.807, 2.05) is 6.92 Å². The van der Waals surface area contributed by atoms with E-state index in [9.17, 15) is 4.79 Å². The molecule has 64 valence electrons. The first-order valence-corrected chi connectivity index (χ1v) is 6.93. The molecule has 0 spiro atoms. The highest BCUT2D eigenvalue weighted by molar-refractivity contribution is 8.19. The molecule has 1 aliphatic heterocycles. The Labute approximate surface area is 91.6 Å². The van der Waals surface area contributed by atoms with E-state index in [0.29, 0.717) is 0 Å². The minimum absolute atomic E-state index is 0.0859. The summed E-state index contributed by atoms with van der Waals surface area (Å²) in [5.41, 5.74) is 0. The second kappa shape index (κ2) is 3.42. The van der Waals surface area contributed by atoms with Gasteiger partial charge in [0.1, 0.15) is 3.14 Å². The smallest absolute Gasteiger partial charge is 0.207 e. The van der Waals surface area contributed by atoms with Crippen LogP contribution < -0.4 is 0 Å². The van der Waals surface area contributed by atoms with Gasteiger partial charge in [0.2, 0.25) is 5.12 Å². The number of carbonyl (C=O) groups excluding carboxylic acids is 1. The first kappa shape index (κ1) is 9.21. The molecule has 1 nitrogen and oxygen atoms in total. The third kappa shape index (κ3) is 1.63. The fourth-order valence-corrected chi connectivity index (χ4v) is 6.85. The molecule has 6 heteroatoms. The summed E-state index contributed by atoms with van der Waals surface area (Å²) in [4.78, 5) is 11.3. The topological polar surface area (TPSA) is 17.1 Å². The second-order valence-electron chi connectivity index (χ2n) is 2.21. The van der Waals surface area contributed by atoms with Crippen LogP contribution in [0.2, 0.25) is 0 Å². The average molecular weight is 252 g/mol. The minimum Gasteiger partial charge on any atom is -0.286 e. The molecule has 0 radical (unpaired) electrons. The van der Waals surface area contributed by atoms with Gasteiger partial charge in [-0.05, 0) is 18.7 Å². The van der Waals surface area contributed by atoms with Crippen molar-refractivity contribution in [3.8, 4) is 0 Å². The molecular formula is C6H4OS5. The van der Waals surface area contributed by atoms with Gasteiger partial charge in [-0.25, -0.2) is 0 Å². The molecule has 0 saturated heterocycles. The SMILES string of the molecule is C[C@H]1Sc2sc(=S)sc2SC1=O. The van der Waals surface area contributed by atoms with E-state index in [1.54, 1.807) is 34.4 Å². The number of fused-ring (bicyclic) bond motifs is 1. The van der Waals surface area contributed by atoms with E-state index in [2.05, 4.69) is 0 Å². The van der Waals surface area contributed by atoms with Crippen molar-refractivity contribution in [1.82, 2.24) is 0 Å². The maximum absolute atomic E-state index is 11.3. The zero-order valence-corrected chi connectivity index (χ0v) is 10.1. The predicted molar refractivity (Wildman–Crippen MR) is 59.2 cm³/mol. The van der Waals surface area contributed by atoms with E-state index >= 15 is 0 Å². The third-order valence-corrected chi connectivity index (χ3v) is 7.07. The lowest BCUT2D eigenvalue weighted by molar-refractivity contribution is -0.110. The molecule has 0 amide bonds. The van der Waals surface area contributed by atoms with E-state index in [1.165, 1.54) is 16.0 Å². The summed E-state index contributed by atoms with van der Waals surface area (Å²) < 4.78 is 3.24. The maximum atomic E-state index is 11.3. The second-order valence-corrected chi connectivity index (χ2v) is 8.32. The minimum atomic E-state index is 0.0859. The fraction of sp³-hybridized carbons (Fsp3) is 0.333. The van der Waals surface area contributed by atoms with Gasteiger partial charge in [-0.2, -0.15) is 0 Å². The Kier molecular flexibility index (Phi) is 2.62. The molecule has 2 heterocycles. The highest BCUT2D eigenvalue weighted by atomic mass is 32.2. The number of hydrogen-bond acceptors (Lipinski definition) is 6. The summed E-state index contributed by atoms with van der Waals surface area (Å²) in [7, 11) is 0. The standard InChI is InChI=1S/C6H4OS5/c1-2-3(7)10-5-4(9-2)11-6(8)12-5/h2H,1H3/t2-/m1/s1. The lowest BCUT2D eigenvalue weighted by Gasteiger charge is -2.13. The van der Waals surface area contributed by atoms with Gasteiger partial charge in [0.15, 0.2) is 0 Å². The van der Waals surface area contributed by atoms with Crippen LogP contribution in [0.25, 0.3) is 0 Å². The molecular weight excluding hydrogens is 248 g/mol. The summed E-state index contributed by atoms with van der Waals surface area (Å²) in [5.74, 6) is 0. The first-order valence-electron chi connectivity index (χ1n) is 3.19. The Bertz CT molecular complexity index is 376. The summed E-state index contributed by atoms with van der Waals surface area (Å²) >= 11 is 11.2. The highest BCUT2D eigenvalue weighted by Crippen LogP contribution is 2.47. The van der Waals surface area contributed by atoms with Gasteiger partial charge in [-0.15, -0.1) is 34.4 Å². The number of rotatable bonds is 0. The normalized spacial score (nSPS) is 22.4. The van der Waals surface area contributed by atoms with E-state index in [0.717, 1.165) is 7.35 Å². The van der Waals surface area contributed by atoms with Gasteiger partial charge in [0.25, 0.3) is 0 Å². The monoisotopic (exact) mass is 252 g/mol. The molecule has 1 atom stereocenters. The summed E-state index contributed by atoms with van der Waals surface area (Å²) in [5, 5.41) is 0.333. The van der Waals surface area contributed by atoms with Crippen LogP contribution in [0.3, 0.4) is 0 Å². The van der Waals surface area contributed by atoms with Crippen LogP contribution in [0.1, 0.15) is 6.92 Å². The largest absolute Gasteiger partial charge is 0.286 e. The molecule has 1 aliphatic rings. The third-order valence-electron chi connectivity index (χ3n) is 1.33. The Balaban J connectivity index is 2.46. The molecule has 0 saturated carbocycles. The van der Waals surface area contributed by atoms with Crippen LogP contribution in [-0.2, 0) is 4.79 Å². The molecule has 1 aromatic heterocycles. The maximum Gasteiger partial charge on any atom is 0.207 e. The van der Waals surface area contributed by atoms with Crippen LogP contribution in [0, 0.1) is 3.14 Å². The molecule has 0 aliphatic carbocycles. The van der Waals surface area contributed by atoms with Crippen molar-refractivity contribution in [1.29, 1.82) is 0 Å². The molecule has 0 bridgehead atoms. The van der Waals surface area contributed by atoms with Crippen LogP contribution in [0.5, 0.6) is 0 Å². The Morgan fingerprint density at radius 2 is 2.00 bits per heavy atom. The number of carbonyl (C=O) groups is 1. The quantitative estimate of drug-likeness (QED) is 0.655. The van der Waals surface area contributed by atoms with E-state index < -0.39 is 0 Å². The molecule has 0 unspecified atom stereocenters. The summed E-state index contributed by atoms with van der Waals surface area (Å²) in [6.45, 7) is 1.94. The van der Waals surface area contributed by atoms with Gasteiger partial charge in [0.05, 0.1) is 13.7 Å². The van der Waals surface area contributed by atoms with Gasteiger partial charge >= 0.3 is 0 Å². The Hall–Kier alpha value is 0.640.